The number of carbonyl (C=O) groups excluding carboxylic acids is 2. The van der Waals surface area contributed by atoms with Gasteiger partial charge in [-0.3, -0.25) is 19.4 Å². The van der Waals surface area contributed by atoms with Crippen LogP contribution >= 0.6 is 0 Å². The first-order valence-electron chi connectivity index (χ1n) is 10.3. The molecule has 13 nitrogen and oxygen atoms in total. The average molecular weight is 469 g/mol. The van der Waals surface area contributed by atoms with Gasteiger partial charge < -0.3 is 26.2 Å². The predicted octanol–water partition coefficient (Wildman–Crippen LogP) is 0.434. The van der Waals surface area contributed by atoms with Crippen LogP contribution in [-0.4, -0.2) is 55.5 Å². The highest BCUT2D eigenvalue weighted by Gasteiger charge is 2.22. The monoisotopic (exact) mass is 469 g/mol. The third-order valence-electron chi connectivity index (χ3n) is 4.65. The van der Waals surface area contributed by atoms with Crippen LogP contribution in [0.4, 0.5) is 11.6 Å². The molecule has 0 aliphatic carbocycles. The summed E-state index contributed by atoms with van der Waals surface area (Å²) in [5, 5.41) is 14.8. The molecule has 0 fully saturated rings. The summed E-state index contributed by atoms with van der Waals surface area (Å²) in [6.07, 6.45) is 1.25. The van der Waals surface area contributed by atoms with Crippen molar-refractivity contribution >= 4 is 40.6 Å². The fourth-order valence-corrected chi connectivity index (χ4v) is 2.98. The summed E-state index contributed by atoms with van der Waals surface area (Å²) in [5.41, 5.74) is 6.58. The number of rotatable bonds is 10. The van der Waals surface area contributed by atoms with E-state index in [1.165, 1.54) is 18.3 Å². The van der Waals surface area contributed by atoms with Crippen LogP contribution in [-0.2, 0) is 20.9 Å². The topological polar surface area (TPSA) is 202 Å². The highest BCUT2D eigenvalue weighted by Crippen LogP contribution is 2.12. The summed E-state index contributed by atoms with van der Waals surface area (Å²) >= 11 is 0. The van der Waals surface area contributed by atoms with Crippen LogP contribution in [0.15, 0.2) is 35.3 Å². The summed E-state index contributed by atoms with van der Waals surface area (Å²) in [6.45, 7) is 2.09. The van der Waals surface area contributed by atoms with Crippen LogP contribution in [0, 0.1) is 0 Å². The highest BCUT2D eigenvalue weighted by atomic mass is 16.5. The smallest absolute Gasteiger partial charge is 0.326 e. The summed E-state index contributed by atoms with van der Waals surface area (Å²) in [7, 11) is 0. The second kappa shape index (κ2) is 10.8. The Morgan fingerprint density at radius 1 is 1.21 bits per heavy atom. The second-order valence-corrected chi connectivity index (χ2v) is 7.12. The summed E-state index contributed by atoms with van der Waals surface area (Å²) in [4.78, 5) is 61.8. The molecule has 3 rings (SSSR count). The Bertz CT molecular complexity index is 1260. The predicted molar refractivity (Wildman–Crippen MR) is 121 cm³/mol. The Balaban J connectivity index is 1.59. The first-order valence-corrected chi connectivity index (χ1v) is 10.3. The van der Waals surface area contributed by atoms with Gasteiger partial charge >= 0.3 is 11.9 Å². The fraction of sp³-hybridized carbons (Fsp3) is 0.286. The molecule has 1 amide bonds. The van der Waals surface area contributed by atoms with Gasteiger partial charge in [0.2, 0.25) is 5.95 Å². The molecule has 34 heavy (non-hydrogen) atoms. The zero-order valence-electron chi connectivity index (χ0n) is 18.2. The zero-order chi connectivity index (χ0) is 24.7. The van der Waals surface area contributed by atoms with E-state index in [9.17, 15) is 24.3 Å². The van der Waals surface area contributed by atoms with E-state index in [1.807, 2.05) is 0 Å². The number of aromatic nitrogens is 4. The maximum atomic E-state index is 12.4. The van der Waals surface area contributed by atoms with Gasteiger partial charge in [0.05, 0.1) is 25.0 Å². The molecular formula is C21H23N7O6. The van der Waals surface area contributed by atoms with Gasteiger partial charge in [0.1, 0.15) is 6.04 Å². The van der Waals surface area contributed by atoms with Crippen molar-refractivity contribution in [1.82, 2.24) is 25.3 Å². The number of aromatic amines is 1. The number of nitrogens with two attached hydrogens (primary N) is 1. The number of nitrogen functional groups attached to an aromatic ring is 1. The lowest BCUT2D eigenvalue weighted by atomic mass is 10.1. The number of carbonyl (C=O) groups is 3. The maximum absolute atomic E-state index is 12.4. The van der Waals surface area contributed by atoms with Gasteiger partial charge in [-0.15, -0.1) is 0 Å². The van der Waals surface area contributed by atoms with Crippen LogP contribution in [0.25, 0.3) is 11.2 Å². The number of nitrogens with one attached hydrogen (secondary N) is 3. The van der Waals surface area contributed by atoms with Crippen LogP contribution in [0.2, 0.25) is 0 Å². The number of fused-ring (bicyclic) bond motifs is 1. The normalized spacial score (nSPS) is 11.6. The van der Waals surface area contributed by atoms with E-state index in [2.05, 4.69) is 30.6 Å². The molecule has 2 heterocycles. The van der Waals surface area contributed by atoms with Crippen molar-refractivity contribution in [3.8, 4) is 0 Å². The first-order chi connectivity index (χ1) is 16.3. The molecule has 2 aromatic heterocycles. The molecule has 0 aliphatic rings. The molecule has 6 N–H and O–H groups in total. The molecule has 1 unspecified atom stereocenters. The Hall–Kier alpha value is -4.55. The molecular weight excluding hydrogens is 446 g/mol. The molecule has 1 aromatic carbocycles. The van der Waals surface area contributed by atoms with Crippen molar-refractivity contribution in [2.75, 3.05) is 17.7 Å². The quantitative estimate of drug-likeness (QED) is 0.258. The Labute approximate surface area is 192 Å². The number of esters is 1. The summed E-state index contributed by atoms with van der Waals surface area (Å²) in [5.74, 6) is -2.41. The molecule has 0 bridgehead atoms. The first kappa shape index (κ1) is 24.1. The minimum Gasteiger partial charge on any atom is -0.480 e. The van der Waals surface area contributed by atoms with Gasteiger partial charge in [-0.05, 0) is 37.6 Å². The third-order valence-corrected chi connectivity index (χ3v) is 4.65. The fourth-order valence-electron chi connectivity index (χ4n) is 2.98. The molecule has 1 atom stereocenters. The van der Waals surface area contributed by atoms with Crippen molar-refractivity contribution in [3.05, 3.63) is 52.1 Å². The lowest BCUT2D eigenvalue weighted by Crippen LogP contribution is -2.41. The number of aliphatic carboxylic acids is 1. The minimum absolute atomic E-state index is 0.0459. The van der Waals surface area contributed by atoms with E-state index < -0.39 is 29.4 Å². The highest BCUT2D eigenvalue weighted by molar-refractivity contribution is 5.97. The second-order valence-electron chi connectivity index (χ2n) is 7.12. The molecule has 0 saturated carbocycles. The zero-order valence-corrected chi connectivity index (χ0v) is 18.2. The van der Waals surface area contributed by atoms with E-state index >= 15 is 0 Å². The molecule has 0 saturated heterocycles. The number of amides is 1. The van der Waals surface area contributed by atoms with Gasteiger partial charge in [-0.2, -0.15) is 4.98 Å². The Kier molecular flexibility index (Phi) is 7.69. The average Bonchev–Trinajstić information content (AvgIpc) is 2.80. The Morgan fingerprint density at radius 3 is 2.62 bits per heavy atom. The number of benzene rings is 1. The molecule has 0 radical (unpaired) electrons. The molecule has 3 aromatic rings. The number of ether oxygens (including phenoxy) is 1. The van der Waals surface area contributed by atoms with Crippen molar-refractivity contribution < 1.29 is 24.2 Å². The summed E-state index contributed by atoms with van der Waals surface area (Å²) < 4.78 is 4.78. The molecule has 178 valence electrons. The number of H-pyrrole nitrogens is 1. The van der Waals surface area contributed by atoms with E-state index in [4.69, 9.17) is 10.5 Å². The summed E-state index contributed by atoms with van der Waals surface area (Å²) in [6, 6.07) is 5.07. The van der Waals surface area contributed by atoms with Gasteiger partial charge in [-0.1, -0.05) is 0 Å². The van der Waals surface area contributed by atoms with Gasteiger partial charge in [0.25, 0.3) is 11.5 Å². The van der Waals surface area contributed by atoms with Crippen LogP contribution < -0.4 is 21.9 Å². The van der Waals surface area contributed by atoms with Gasteiger partial charge in [0.15, 0.2) is 11.2 Å². The van der Waals surface area contributed by atoms with Crippen LogP contribution in [0.1, 0.15) is 35.8 Å². The van der Waals surface area contributed by atoms with E-state index in [1.54, 1.807) is 19.1 Å². The van der Waals surface area contributed by atoms with Crippen molar-refractivity contribution in [2.24, 2.45) is 0 Å². The maximum Gasteiger partial charge on any atom is 0.326 e. The molecule has 13 heteroatoms. The van der Waals surface area contributed by atoms with E-state index in [-0.39, 0.29) is 48.7 Å². The third kappa shape index (κ3) is 6.25. The molecule has 0 spiro atoms. The number of nitrogens with zero attached hydrogens (tertiary/aromatic N) is 3. The van der Waals surface area contributed by atoms with Crippen LogP contribution in [0.5, 0.6) is 0 Å². The largest absolute Gasteiger partial charge is 0.480 e. The minimum atomic E-state index is -1.25. The van der Waals surface area contributed by atoms with Crippen LogP contribution in [0.3, 0.4) is 0 Å². The number of hydrogen-bond donors (Lipinski definition) is 5. The van der Waals surface area contributed by atoms with Gasteiger partial charge in [-0.25, -0.2) is 14.8 Å². The van der Waals surface area contributed by atoms with Gasteiger partial charge in [0, 0.05) is 17.7 Å². The lowest BCUT2D eigenvalue weighted by molar-refractivity contribution is -0.144. The SMILES string of the molecule is CCOC(=O)CCC(NC(=O)c1ccc(NCc2cnc3nc(N)[nH]c(=O)c3n2)cc1)C(=O)O. The Morgan fingerprint density at radius 2 is 1.94 bits per heavy atom. The van der Waals surface area contributed by atoms with Crippen molar-refractivity contribution in [1.29, 1.82) is 0 Å². The lowest BCUT2D eigenvalue weighted by Gasteiger charge is -2.14. The molecule has 0 aliphatic heterocycles. The van der Waals surface area contributed by atoms with E-state index in [0.717, 1.165) is 0 Å². The number of carboxylic acids is 1. The standard InChI is InChI=1S/C21H23N7O6/c1-2-34-15(29)8-7-14(20(32)33)26-18(30)11-3-5-12(6-4-11)23-9-13-10-24-17-16(25-13)19(31)28-21(22)27-17/h3-6,10,14,23H,2,7-9H2,1H3,(H,26,30)(H,32,33)(H3,22,24,27,28,31). The van der Waals surface area contributed by atoms with E-state index in [0.29, 0.717) is 11.4 Å². The number of anilines is 2. The van der Waals surface area contributed by atoms with Crippen molar-refractivity contribution in [3.63, 3.8) is 0 Å². The number of carboxylic acid groups (broad SMARTS) is 1. The number of hydrogen-bond acceptors (Lipinski definition) is 10. The van der Waals surface area contributed by atoms with Crippen molar-refractivity contribution in [2.45, 2.75) is 32.4 Å².